The molecule has 1 aromatic carbocycles. The lowest BCUT2D eigenvalue weighted by Gasteiger charge is -2.06. The summed E-state index contributed by atoms with van der Waals surface area (Å²) in [7, 11) is 0. The summed E-state index contributed by atoms with van der Waals surface area (Å²) < 4.78 is 12.6. The van der Waals surface area contributed by atoms with Crippen molar-refractivity contribution >= 4 is 0 Å². The van der Waals surface area contributed by atoms with Crippen LogP contribution >= 0.6 is 0 Å². The van der Waals surface area contributed by atoms with Gasteiger partial charge in [-0.1, -0.05) is 25.5 Å². The van der Waals surface area contributed by atoms with Gasteiger partial charge in [0.15, 0.2) is 0 Å². The standard InChI is InChI=1S/C10H12FO/c1-2-4-10(12)8-5-3-6-9(11)7-8/h3,5-7,10H,2,4H2,1H3. The molecule has 0 aliphatic heterocycles. The molecule has 0 aliphatic rings. The lowest BCUT2D eigenvalue weighted by Crippen LogP contribution is -1.94. The summed E-state index contributed by atoms with van der Waals surface area (Å²) in [5.41, 5.74) is 0.553. The van der Waals surface area contributed by atoms with E-state index in [0.29, 0.717) is 12.0 Å². The van der Waals surface area contributed by atoms with Gasteiger partial charge in [0.25, 0.3) is 0 Å². The van der Waals surface area contributed by atoms with Gasteiger partial charge in [0.1, 0.15) is 11.9 Å². The van der Waals surface area contributed by atoms with Gasteiger partial charge in [0, 0.05) is 0 Å². The average molecular weight is 167 g/mol. The molecule has 0 amide bonds. The van der Waals surface area contributed by atoms with Gasteiger partial charge in [-0.3, -0.25) is 0 Å². The summed E-state index contributed by atoms with van der Waals surface area (Å²) in [4.78, 5) is 0. The Morgan fingerprint density at radius 1 is 1.50 bits per heavy atom. The van der Waals surface area contributed by atoms with Gasteiger partial charge in [0.05, 0.1) is 0 Å². The molecule has 0 aliphatic carbocycles. The third kappa shape index (κ3) is 2.31. The van der Waals surface area contributed by atoms with E-state index in [4.69, 9.17) is 0 Å². The van der Waals surface area contributed by atoms with Gasteiger partial charge in [0.2, 0.25) is 0 Å². The Kier molecular flexibility index (Phi) is 3.23. The third-order valence-corrected chi connectivity index (χ3v) is 1.77. The maximum atomic E-state index is 12.6. The molecule has 0 spiro atoms. The Hall–Kier alpha value is -0.890. The second kappa shape index (κ2) is 4.21. The predicted octanol–water partition coefficient (Wildman–Crippen LogP) is 3.10. The predicted molar refractivity (Wildman–Crippen MR) is 44.7 cm³/mol. The van der Waals surface area contributed by atoms with Crippen molar-refractivity contribution in [3.8, 4) is 0 Å². The molecule has 1 unspecified atom stereocenters. The maximum Gasteiger partial charge on any atom is 0.123 e. The number of hydrogen-bond acceptors (Lipinski definition) is 0. The minimum absolute atomic E-state index is 0.329. The summed E-state index contributed by atoms with van der Waals surface area (Å²) in [5.74, 6) is -0.329. The van der Waals surface area contributed by atoms with Crippen LogP contribution in [0.3, 0.4) is 0 Å². The summed E-state index contributed by atoms with van der Waals surface area (Å²) in [5, 5.41) is 11.3. The van der Waals surface area contributed by atoms with E-state index in [1.165, 1.54) is 12.1 Å². The first-order chi connectivity index (χ1) is 5.74. The van der Waals surface area contributed by atoms with E-state index in [1.807, 2.05) is 6.92 Å². The fourth-order valence-electron chi connectivity index (χ4n) is 1.14. The van der Waals surface area contributed by atoms with Crippen molar-refractivity contribution in [2.75, 3.05) is 0 Å². The minimum Gasteiger partial charge on any atom is -0.228 e. The molecule has 0 fully saturated rings. The minimum atomic E-state index is -0.773. The Balaban J connectivity index is 2.73. The van der Waals surface area contributed by atoms with Gasteiger partial charge >= 0.3 is 0 Å². The first-order valence-corrected chi connectivity index (χ1v) is 4.15. The molecule has 0 saturated carbocycles. The van der Waals surface area contributed by atoms with Crippen molar-refractivity contribution in [3.05, 3.63) is 35.6 Å². The number of hydrogen-bond donors (Lipinski definition) is 0. The van der Waals surface area contributed by atoms with Crippen LogP contribution in [-0.4, -0.2) is 0 Å². The van der Waals surface area contributed by atoms with Crippen LogP contribution in [0.5, 0.6) is 0 Å². The Morgan fingerprint density at radius 3 is 2.83 bits per heavy atom. The van der Waals surface area contributed by atoms with Crippen LogP contribution in [0, 0.1) is 5.82 Å². The van der Waals surface area contributed by atoms with Crippen molar-refractivity contribution in [2.45, 2.75) is 25.9 Å². The normalized spacial score (nSPS) is 12.9. The number of benzene rings is 1. The summed E-state index contributed by atoms with van der Waals surface area (Å²) in [6.07, 6.45) is 0.638. The summed E-state index contributed by atoms with van der Waals surface area (Å²) >= 11 is 0. The Bertz CT molecular complexity index is 247. The van der Waals surface area contributed by atoms with Gasteiger partial charge in [-0.25, -0.2) is 9.50 Å². The first-order valence-electron chi connectivity index (χ1n) is 4.15. The summed E-state index contributed by atoms with van der Waals surface area (Å²) in [6.45, 7) is 1.95. The van der Waals surface area contributed by atoms with Crippen LogP contribution in [0.15, 0.2) is 24.3 Å². The molecular weight excluding hydrogens is 155 g/mol. The van der Waals surface area contributed by atoms with Crippen LogP contribution in [0.4, 0.5) is 4.39 Å². The Labute approximate surface area is 71.9 Å². The molecular formula is C10H12FO. The molecule has 0 heterocycles. The fraction of sp³-hybridized carbons (Fsp3) is 0.400. The van der Waals surface area contributed by atoms with Crippen molar-refractivity contribution in [2.24, 2.45) is 0 Å². The van der Waals surface area contributed by atoms with Crippen molar-refractivity contribution in [1.82, 2.24) is 0 Å². The highest BCUT2D eigenvalue weighted by Crippen LogP contribution is 2.18. The molecule has 1 nitrogen and oxygen atoms in total. The van der Waals surface area contributed by atoms with Crippen molar-refractivity contribution in [3.63, 3.8) is 0 Å². The highest BCUT2D eigenvalue weighted by Gasteiger charge is 2.07. The highest BCUT2D eigenvalue weighted by molar-refractivity contribution is 5.18. The van der Waals surface area contributed by atoms with Crippen LogP contribution in [0.25, 0.3) is 0 Å². The van der Waals surface area contributed by atoms with E-state index < -0.39 is 6.10 Å². The van der Waals surface area contributed by atoms with E-state index >= 15 is 0 Å². The maximum absolute atomic E-state index is 12.6. The van der Waals surface area contributed by atoms with Crippen LogP contribution in [-0.2, 0) is 5.11 Å². The van der Waals surface area contributed by atoms with Crippen LogP contribution in [0.1, 0.15) is 31.4 Å². The number of halogens is 1. The molecule has 0 bridgehead atoms. The van der Waals surface area contributed by atoms with E-state index in [1.54, 1.807) is 12.1 Å². The highest BCUT2D eigenvalue weighted by atomic mass is 19.1. The summed E-state index contributed by atoms with van der Waals surface area (Å²) in [6, 6.07) is 5.91. The zero-order valence-corrected chi connectivity index (χ0v) is 7.09. The van der Waals surface area contributed by atoms with E-state index in [2.05, 4.69) is 0 Å². The number of rotatable bonds is 3. The smallest absolute Gasteiger partial charge is 0.123 e. The molecule has 65 valence electrons. The molecule has 12 heavy (non-hydrogen) atoms. The molecule has 0 saturated heterocycles. The monoisotopic (exact) mass is 167 g/mol. The third-order valence-electron chi connectivity index (χ3n) is 1.77. The molecule has 2 heteroatoms. The molecule has 1 aromatic rings. The Morgan fingerprint density at radius 2 is 2.25 bits per heavy atom. The van der Waals surface area contributed by atoms with E-state index in [0.717, 1.165) is 6.42 Å². The quantitative estimate of drug-likeness (QED) is 0.659. The van der Waals surface area contributed by atoms with E-state index in [-0.39, 0.29) is 5.82 Å². The largest absolute Gasteiger partial charge is 0.228 e. The van der Waals surface area contributed by atoms with Crippen molar-refractivity contribution < 1.29 is 9.50 Å². The zero-order valence-electron chi connectivity index (χ0n) is 7.09. The van der Waals surface area contributed by atoms with Gasteiger partial charge in [-0.15, -0.1) is 0 Å². The zero-order chi connectivity index (χ0) is 8.97. The molecule has 1 rings (SSSR count). The topological polar surface area (TPSA) is 19.9 Å². The van der Waals surface area contributed by atoms with Gasteiger partial charge in [-0.05, 0) is 24.1 Å². The lowest BCUT2D eigenvalue weighted by atomic mass is 10.1. The van der Waals surface area contributed by atoms with Crippen LogP contribution < -0.4 is 0 Å². The second-order valence-corrected chi connectivity index (χ2v) is 2.83. The van der Waals surface area contributed by atoms with Crippen molar-refractivity contribution in [1.29, 1.82) is 0 Å². The molecule has 0 N–H and O–H groups in total. The molecule has 1 radical (unpaired) electrons. The molecule has 0 aromatic heterocycles. The second-order valence-electron chi connectivity index (χ2n) is 2.83. The van der Waals surface area contributed by atoms with Gasteiger partial charge in [-0.2, -0.15) is 0 Å². The van der Waals surface area contributed by atoms with Crippen LogP contribution in [0.2, 0.25) is 0 Å². The lowest BCUT2D eigenvalue weighted by molar-refractivity contribution is 0.0802. The SMILES string of the molecule is CCCC([O])c1cccc(F)c1. The average Bonchev–Trinajstić information content (AvgIpc) is 2.05. The first kappa shape index (κ1) is 9.20. The van der Waals surface area contributed by atoms with Gasteiger partial charge < -0.3 is 0 Å². The van der Waals surface area contributed by atoms with E-state index in [9.17, 15) is 9.50 Å². The fourth-order valence-corrected chi connectivity index (χ4v) is 1.14. The molecule has 1 atom stereocenters.